The van der Waals surface area contributed by atoms with Crippen LogP contribution in [0.2, 0.25) is 0 Å². The second-order valence-electron chi connectivity index (χ2n) is 4.26. The minimum Gasteiger partial charge on any atom is -0.481 e. The Morgan fingerprint density at radius 3 is 1.15 bits per heavy atom. The van der Waals surface area contributed by atoms with Crippen LogP contribution in [-0.2, 0) is 0 Å². The molecule has 0 heterocycles. The maximum absolute atomic E-state index is 5.81. The van der Waals surface area contributed by atoms with Crippen LogP contribution >= 0.6 is 31.9 Å². The van der Waals surface area contributed by atoms with Gasteiger partial charge in [0, 0.05) is 21.5 Å². The number of rotatable bonds is 4. The molecule has 0 aliphatic carbocycles. The Morgan fingerprint density at radius 2 is 0.900 bits per heavy atom. The maximum Gasteiger partial charge on any atom is 0.143 e. The first kappa shape index (κ1) is 13.7. The van der Waals surface area contributed by atoms with Gasteiger partial charge in [-0.05, 0) is 31.9 Å². The van der Waals surface area contributed by atoms with Crippen LogP contribution in [0.25, 0.3) is 21.5 Å². The third-order valence-electron chi connectivity index (χ3n) is 3.23. The average Bonchev–Trinajstić information content (AvgIpc) is 2.50. The fraction of sp³-hybridized carbons (Fsp3) is 0.125. The highest BCUT2D eigenvalue weighted by Gasteiger charge is 2.15. The summed E-state index contributed by atoms with van der Waals surface area (Å²) in [6.07, 6.45) is 0. The zero-order valence-corrected chi connectivity index (χ0v) is 13.8. The van der Waals surface area contributed by atoms with Crippen LogP contribution in [-0.4, -0.2) is 11.0 Å². The molecule has 20 heavy (non-hydrogen) atoms. The highest BCUT2D eigenvalue weighted by molar-refractivity contribution is 9.09. The molecule has 0 unspecified atom stereocenters. The summed E-state index contributed by atoms with van der Waals surface area (Å²) in [5.41, 5.74) is 0.916. The largest absolute Gasteiger partial charge is 0.481 e. The number of benzene rings is 3. The van der Waals surface area contributed by atoms with E-state index in [-0.39, 0.29) is 0 Å². The molecule has 0 N–H and O–H groups in total. The zero-order chi connectivity index (χ0) is 13.9. The molecule has 0 aliphatic heterocycles. The highest BCUT2D eigenvalue weighted by Crippen LogP contribution is 2.42. The molecule has 2 nitrogen and oxygen atoms in total. The second-order valence-corrected chi connectivity index (χ2v) is 5.17. The van der Waals surface area contributed by atoms with Crippen molar-refractivity contribution in [3.8, 4) is 11.5 Å². The van der Waals surface area contributed by atoms with Crippen molar-refractivity contribution in [3.05, 3.63) is 48.5 Å². The lowest BCUT2D eigenvalue weighted by Gasteiger charge is -2.16. The summed E-state index contributed by atoms with van der Waals surface area (Å²) in [4.78, 5) is 0. The van der Waals surface area contributed by atoms with E-state index < -0.39 is 0 Å². The topological polar surface area (TPSA) is 18.5 Å². The number of hydrogen-bond donors (Lipinski definition) is 0. The summed E-state index contributed by atoms with van der Waals surface area (Å²) < 4.78 is 11.6. The van der Waals surface area contributed by atoms with Gasteiger partial charge in [0.1, 0.15) is 22.5 Å². The van der Waals surface area contributed by atoms with Crippen molar-refractivity contribution in [2.45, 2.75) is 0 Å². The summed E-state index contributed by atoms with van der Waals surface area (Å²) in [7, 11) is 0. The van der Waals surface area contributed by atoms with E-state index in [2.05, 4.69) is 56.1 Å². The molecule has 0 spiro atoms. The lowest BCUT2D eigenvalue weighted by atomic mass is 10.0. The summed E-state index contributed by atoms with van der Waals surface area (Å²) in [6.45, 7) is 0. The lowest BCUT2D eigenvalue weighted by Crippen LogP contribution is -1.96. The van der Waals surface area contributed by atoms with Crippen LogP contribution in [0.4, 0.5) is 0 Å². The average molecular weight is 396 g/mol. The SMILES string of the molecule is BrCOc1c2ccccc2c(OCBr)c2ccccc12. The van der Waals surface area contributed by atoms with Crippen LogP contribution in [0, 0.1) is 0 Å². The molecule has 0 radical (unpaired) electrons. The third kappa shape index (κ3) is 2.27. The maximum atomic E-state index is 5.81. The van der Waals surface area contributed by atoms with Crippen LogP contribution in [0.15, 0.2) is 48.5 Å². The molecule has 4 heteroatoms. The third-order valence-corrected chi connectivity index (χ3v) is 3.69. The number of alkyl halides is 2. The normalized spacial score (nSPS) is 10.9. The molecule has 0 fully saturated rings. The standard InChI is InChI=1S/C16H12Br2O2/c17-9-19-15-11-5-1-2-6-12(11)16(20-10-18)14-8-4-3-7-13(14)15/h1-8H,9-10H2. The Morgan fingerprint density at radius 1 is 0.600 bits per heavy atom. The fourth-order valence-corrected chi connectivity index (χ4v) is 2.93. The van der Waals surface area contributed by atoms with Gasteiger partial charge in [0.2, 0.25) is 0 Å². The molecule has 3 aromatic rings. The summed E-state index contributed by atoms with van der Waals surface area (Å²) in [5.74, 6) is 1.77. The van der Waals surface area contributed by atoms with Crippen LogP contribution in [0.5, 0.6) is 11.5 Å². The van der Waals surface area contributed by atoms with Gasteiger partial charge in [0.25, 0.3) is 0 Å². The van der Waals surface area contributed by atoms with E-state index >= 15 is 0 Å². The van der Waals surface area contributed by atoms with Crippen molar-refractivity contribution >= 4 is 53.4 Å². The van der Waals surface area contributed by atoms with Crippen LogP contribution in [0.1, 0.15) is 0 Å². The fourth-order valence-electron chi connectivity index (χ4n) is 2.47. The van der Waals surface area contributed by atoms with Crippen molar-refractivity contribution in [1.29, 1.82) is 0 Å². The molecule has 0 saturated heterocycles. The summed E-state index contributed by atoms with van der Waals surface area (Å²) >= 11 is 6.69. The van der Waals surface area contributed by atoms with E-state index in [0.717, 1.165) is 33.0 Å². The van der Waals surface area contributed by atoms with E-state index in [4.69, 9.17) is 9.47 Å². The van der Waals surface area contributed by atoms with Crippen molar-refractivity contribution < 1.29 is 9.47 Å². The molecule has 3 aromatic carbocycles. The number of halogens is 2. The van der Waals surface area contributed by atoms with Crippen molar-refractivity contribution in [3.63, 3.8) is 0 Å². The molecule has 0 aromatic heterocycles. The van der Waals surface area contributed by atoms with Gasteiger partial charge in [0.05, 0.1) is 0 Å². The molecular formula is C16H12Br2O2. The van der Waals surface area contributed by atoms with Gasteiger partial charge in [-0.25, -0.2) is 0 Å². The smallest absolute Gasteiger partial charge is 0.143 e. The second kappa shape index (κ2) is 6.02. The first-order valence-electron chi connectivity index (χ1n) is 6.17. The molecule has 0 saturated carbocycles. The Labute approximate surface area is 133 Å². The minimum absolute atomic E-state index is 0.458. The molecule has 0 amide bonds. The Hall–Kier alpha value is -1.26. The molecule has 102 valence electrons. The van der Waals surface area contributed by atoms with E-state index in [1.807, 2.05) is 24.3 Å². The number of ether oxygens (including phenoxy) is 2. The Balaban J connectivity index is 2.47. The van der Waals surface area contributed by atoms with Crippen molar-refractivity contribution in [2.75, 3.05) is 11.0 Å². The minimum atomic E-state index is 0.458. The Kier molecular flexibility index (Phi) is 4.13. The monoisotopic (exact) mass is 394 g/mol. The van der Waals surface area contributed by atoms with Gasteiger partial charge >= 0.3 is 0 Å². The van der Waals surface area contributed by atoms with E-state index in [0.29, 0.717) is 11.0 Å². The molecular weight excluding hydrogens is 384 g/mol. The first-order valence-corrected chi connectivity index (χ1v) is 8.42. The van der Waals surface area contributed by atoms with E-state index in [1.54, 1.807) is 0 Å². The zero-order valence-electron chi connectivity index (χ0n) is 10.6. The van der Waals surface area contributed by atoms with E-state index in [1.165, 1.54) is 0 Å². The molecule has 0 atom stereocenters. The van der Waals surface area contributed by atoms with Gasteiger partial charge in [-0.15, -0.1) is 0 Å². The van der Waals surface area contributed by atoms with E-state index in [9.17, 15) is 0 Å². The van der Waals surface area contributed by atoms with Crippen LogP contribution in [0.3, 0.4) is 0 Å². The number of hydrogen-bond acceptors (Lipinski definition) is 2. The van der Waals surface area contributed by atoms with Crippen molar-refractivity contribution in [1.82, 2.24) is 0 Å². The lowest BCUT2D eigenvalue weighted by molar-refractivity contribution is 0.400. The quantitative estimate of drug-likeness (QED) is 0.431. The van der Waals surface area contributed by atoms with Gasteiger partial charge < -0.3 is 9.47 Å². The molecule has 0 aliphatic rings. The summed E-state index contributed by atoms with van der Waals surface area (Å²) in [5, 5.41) is 4.23. The van der Waals surface area contributed by atoms with Crippen molar-refractivity contribution in [2.24, 2.45) is 0 Å². The van der Waals surface area contributed by atoms with Gasteiger partial charge in [-0.3, -0.25) is 0 Å². The predicted molar refractivity (Wildman–Crippen MR) is 90.3 cm³/mol. The molecule has 3 rings (SSSR count). The van der Waals surface area contributed by atoms with Gasteiger partial charge in [-0.1, -0.05) is 48.5 Å². The molecule has 0 bridgehead atoms. The highest BCUT2D eigenvalue weighted by atomic mass is 79.9. The number of fused-ring (bicyclic) bond motifs is 2. The van der Waals surface area contributed by atoms with Crippen LogP contribution < -0.4 is 9.47 Å². The predicted octanol–water partition coefficient (Wildman–Crippen LogP) is 5.46. The first-order chi connectivity index (χ1) is 9.86. The van der Waals surface area contributed by atoms with Gasteiger partial charge in [0.15, 0.2) is 0 Å². The summed E-state index contributed by atoms with van der Waals surface area (Å²) in [6, 6.07) is 16.3. The van der Waals surface area contributed by atoms with Gasteiger partial charge in [-0.2, -0.15) is 0 Å². The Bertz CT molecular complexity index is 635.